The number of halogens is 5. The lowest BCUT2D eigenvalue weighted by Gasteiger charge is -2.08. The number of nitrogens with one attached hydrogen (secondary N) is 2. The molecule has 0 atom stereocenters. The van der Waals surface area contributed by atoms with Gasteiger partial charge in [-0.3, -0.25) is 20.0 Å². The number of anilines is 1. The van der Waals surface area contributed by atoms with Crippen LogP contribution in [-0.2, 0) is 0 Å². The number of nitrogens with zero attached hydrogens (tertiary/aromatic N) is 2. The van der Waals surface area contributed by atoms with Gasteiger partial charge in [-0.2, -0.15) is 5.10 Å². The van der Waals surface area contributed by atoms with Crippen LogP contribution in [0.1, 0.15) is 10.5 Å². The SMILES string of the molecule is O=C(Nc1c(F)c(F)c(F)c(F)c1F)c1[nH]ncc1[N+](=O)[O-]. The highest BCUT2D eigenvalue weighted by Gasteiger charge is 2.29. The molecule has 2 aromatic rings. The monoisotopic (exact) mass is 322 g/mol. The average Bonchev–Trinajstić information content (AvgIpc) is 2.97. The molecule has 0 aliphatic carbocycles. The molecule has 0 spiro atoms. The van der Waals surface area contributed by atoms with E-state index in [2.05, 4.69) is 5.10 Å². The van der Waals surface area contributed by atoms with E-state index in [0.717, 1.165) is 0 Å². The van der Waals surface area contributed by atoms with Gasteiger partial charge in [0.05, 0.1) is 4.92 Å². The van der Waals surface area contributed by atoms with E-state index in [1.54, 1.807) is 0 Å². The molecule has 0 radical (unpaired) electrons. The van der Waals surface area contributed by atoms with Gasteiger partial charge in [0.15, 0.2) is 23.3 Å². The Bertz CT molecular complexity index is 762. The van der Waals surface area contributed by atoms with Gasteiger partial charge in [0, 0.05) is 0 Å². The fraction of sp³-hybridized carbons (Fsp3) is 0. The number of aromatic amines is 1. The Kier molecular flexibility index (Phi) is 3.75. The largest absolute Gasteiger partial charge is 0.319 e. The molecule has 0 bridgehead atoms. The van der Waals surface area contributed by atoms with Crippen LogP contribution < -0.4 is 5.32 Å². The summed E-state index contributed by atoms with van der Waals surface area (Å²) in [6.07, 6.45) is 0.632. The Morgan fingerprint density at radius 3 is 2.09 bits per heavy atom. The zero-order chi connectivity index (χ0) is 16.6. The molecule has 22 heavy (non-hydrogen) atoms. The number of nitro groups is 1. The Morgan fingerprint density at radius 2 is 1.59 bits per heavy atom. The minimum Gasteiger partial charge on any atom is -0.315 e. The second-order valence-electron chi connectivity index (χ2n) is 3.79. The highest BCUT2D eigenvalue weighted by atomic mass is 19.2. The van der Waals surface area contributed by atoms with Gasteiger partial charge < -0.3 is 5.32 Å². The third-order valence-corrected chi connectivity index (χ3v) is 2.49. The maximum absolute atomic E-state index is 13.4. The van der Waals surface area contributed by atoms with Gasteiger partial charge in [-0.25, -0.2) is 22.0 Å². The van der Waals surface area contributed by atoms with Crippen molar-refractivity contribution in [3.63, 3.8) is 0 Å². The Hall–Kier alpha value is -3.05. The molecule has 7 nitrogen and oxygen atoms in total. The topological polar surface area (TPSA) is 101 Å². The van der Waals surface area contributed by atoms with E-state index in [1.807, 2.05) is 5.10 Å². The highest BCUT2D eigenvalue weighted by molar-refractivity contribution is 6.05. The van der Waals surface area contributed by atoms with E-state index >= 15 is 0 Å². The van der Waals surface area contributed by atoms with Gasteiger partial charge >= 0.3 is 5.69 Å². The number of carbonyl (C=O) groups excluding carboxylic acids is 1. The normalized spacial score (nSPS) is 10.6. The zero-order valence-corrected chi connectivity index (χ0v) is 10.1. The number of hydrogen-bond donors (Lipinski definition) is 2. The maximum Gasteiger partial charge on any atom is 0.319 e. The first kappa shape index (κ1) is 15.3. The van der Waals surface area contributed by atoms with Crippen molar-refractivity contribution in [3.05, 3.63) is 51.1 Å². The van der Waals surface area contributed by atoms with Crippen molar-refractivity contribution < 1.29 is 31.7 Å². The van der Waals surface area contributed by atoms with Crippen molar-refractivity contribution >= 4 is 17.3 Å². The molecule has 0 aliphatic rings. The quantitative estimate of drug-likeness (QED) is 0.297. The zero-order valence-electron chi connectivity index (χ0n) is 10.1. The maximum atomic E-state index is 13.4. The summed E-state index contributed by atoms with van der Waals surface area (Å²) in [5, 5.41) is 17.0. The smallest absolute Gasteiger partial charge is 0.315 e. The van der Waals surface area contributed by atoms with Gasteiger partial charge in [-0.1, -0.05) is 0 Å². The highest BCUT2D eigenvalue weighted by Crippen LogP contribution is 2.28. The molecular weight excluding hydrogens is 319 g/mol. The summed E-state index contributed by atoms with van der Waals surface area (Å²) in [6, 6.07) is 0. The average molecular weight is 322 g/mol. The van der Waals surface area contributed by atoms with Crippen molar-refractivity contribution in [2.75, 3.05) is 5.32 Å². The summed E-state index contributed by atoms with van der Waals surface area (Å²) in [4.78, 5) is 21.2. The van der Waals surface area contributed by atoms with Crippen LogP contribution in [0.25, 0.3) is 0 Å². The first-order valence-corrected chi connectivity index (χ1v) is 5.26. The number of amides is 1. The second kappa shape index (κ2) is 5.38. The number of H-pyrrole nitrogens is 1. The van der Waals surface area contributed by atoms with E-state index in [0.29, 0.717) is 6.20 Å². The molecule has 1 heterocycles. The standard InChI is InChI=1S/C10H3F5N4O3/c11-3-4(12)6(14)9(7(15)5(3)13)17-10(20)8-2(19(21)22)1-16-18-8/h1H,(H,16,18)(H,17,20). The van der Waals surface area contributed by atoms with Crippen molar-refractivity contribution in [2.24, 2.45) is 0 Å². The summed E-state index contributed by atoms with van der Waals surface area (Å²) >= 11 is 0. The summed E-state index contributed by atoms with van der Waals surface area (Å²) in [5.41, 5.74) is -3.30. The lowest BCUT2D eigenvalue weighted by molar-refractivity contribution is -0.385. The van der Waals surface area contributed by atoms with Crippen LogP contribution in [-0.4, -0.2) is 21.0 Å². The van der Waals surface area contributed by atoms with Gasteiger partial charge in [0.1, 0.15) is 11.9 Å². The van der Waals surface area contributed by atoms with Crippen LogP contribution in [0.2, 0.25) is 0 Å². The molecule has 0 fully saturated rings. The first-order chi connectivity index (χ1) is 10.3. The summed E-state index contributed by atoms with van der Waals surface area (Å²) < 4.78 is 65.5. The molecule has 116 valence electrons. The van der Waals surface area contributed by atoms with Crippen molar-refractivity contribution in [1.82, 2.24) is 10.2 Å². The number of hydrogen-bond acceptors (Lipinski definition) is 4. The summed E-state index contributed by atoms with van der Waals surface area (Å²) in [6.45, 7) is 0. The summed E-state index contributed by atoms with van der Waals surface area (Å²) in [7, 11) is 0. The lowest BCUT2D eigenvalue weighted by Crippen LogP contribution is -2.18. The minimum absolute atomic E-state index is 0.632. The Balaban J connectivity index is 2.45. The lowest BCUT2D eigenvalue weighted by atomic mass is 10.2. The van der Waals surface area contributed by atoms with Gasteiger partial charge in [0.25, 0.3) is 5.91 Å². The van der Waals surface area contributed by atoms with Gasteiger partial charge in [-0.05, 0) is 0 Å². The molecule has 0 aliphatic heterocycles. The van der Waals surface area contributed by atoms with Gasteiger partial charge in [0.2, 0.25) is 11.5 Å². The fourth-order valence-electron chi connectivity index (χ4n) is 1.48. The molecule has 12 heteroatoms. The van der Waals surface area contributed by atoms with Crippen LogP contribution in [0.4, 0.5) is 33.3 Å². The van der Waals surface area contributed by atoms with E-state index < -0.39 is 57.0 Å². The molecule has 0 saturated carbocycles. The number of benzene rings is 1. The van der Waals surface area contributed by atoms with Crippen LogP contribution >= 0.6 is 0 Å². The Labute approximate surface area is 116 Å². The third-order valence-electron chi connectivity index (χ3n) is 2.49. The predicted molar refractivity (Wildman–Crippen MR) is 59.4 cm³/mol. The van der Waals surface area contributed by atoms with Crippen molar-refractivity contribution in [1.29, 1.82) is 0 Å². The molecule has 2 N–H and O–H groups in total. The van der Waals surface area contributed by atoms with E-state index in [4.69, 9.17) is 0 Å². The van der Waals surface area contributed by atoms with Crippen molar-refractivity contribution in [3.8, 4) is 0 Å². The van der Waals surface area contributed by atoms with E-state index in [-0.39, 0.29) is 0 Å². The number of rotatable bonds is 3. The van der Waals surface area contributed by atoms with E-state index in [9.17, 15) is 36.9 Å². The number of aromatic nitrogens is 2. The van der Waals surface area contributed by atoms with Crippen LogP contribution in [0.5, 0.6) is 0 Å². The minimum atomic E-state index is -2.40. The molecule has 0 unspecified atom stereocenters. The van der Waals surface area contributed by atoms with Crippen LogP contribution in [0.3, 0.4) is 0 Å². The molecule has 0 saturated heterocycles. The molecule has 2 rings (SSSR count). The first-order valence-electron chi connectivity index (χ1n) is 5.26. The summed E-state index contributed by atoms with van der Waals surface area (Å²) in [5.74, 6) is -13.0. The third kappa shape index (κ3) is 2.34. The van der Waals surface area contributed by atoms with E-state index in [1.165, 1.54) is 5.32 Å². The van der Waals surface area contributed by atoms with Crippen LogP contribution in [0.15, 0.2) is 6.20 Å². The predicted octanol–water partition coefficient (Wildman–Crippen LogP) is 2.27. The van der Waals surface area contributed by atoms with Gasteiger partial charge in [-0.15, -0.1) is 0 Å². The van der Waals surface area contributed by atoms with Crippen molar-refractivity contribution in [2.45, 2.75) is 0 Å². The molecule has 1 aromatic carbocycles. The fourth-order valence-corrected chi connectivity index (χ4v) is 1.48. The van der Waals surface area contributed by atoms with Crippen LogP contribution in [0, 0.1) is 39.2 Å². The second-order valence-corrected chi connectivity index (χ2v) is 3.79. The molecule has 1 amide bonds. The Morgan fingerprint density at radius 1 is 1.09 bits per heavy atom. The molecular formula is C10H3F5N4O3. The molecule has 1 aromatic heterocycles. The number of carbonyl (C=O) groups is 1.